The van der Waals surface area contributed by atoms with E-state index in [2.05, 4.69) is 22.5 Å². The molecule has 1 heterocycles. The minimum atomic E-state index is -0.471. The quantitative estimate of drug-likeness (QED) is 0.253. The Kier molecular flexibility index (Phi) is 8.60. The molecule has 4 aromatic carbocycles. The summed E-state index contributed by atoms with van der Waals surface area (Å²) in [5.74, 6) is -0.0798. The summed E-state index contributed by atoms with van der Waals surface area (Å²) in [5, 5.41) is 6.30. The number of anilines is 2. The van der Waals surface area contributed by atoms with Crippen LogP contribution in [0.2, 0.25) is 0 Å². The fourth-order valence-corrected chi connectivity index (χ4v) is 5.42. The van der Waals surface area contributed by atoms with Gasteiger partial charge in [-0.2, -0.15) is 0 Å². The molecule has 1 unspecified atom stereocenters. The first-order valence-electron chi connectivity index (χ1n) is 14.1. The van der Waals surface area contributed by atoms with Crippen LogP contribution < -0.4 is 15.5 Å². The molecule has 1 atom stereocenters. The van der Waals surface area contributed by atoms with Gasteiger partial charge in [0.05, 0.1) is 17.5 Å². The van der Waals surface area contributed by atoms with E-state index in [4.69, 9.17) is 0 Å². The van der Waals surface area contributed by atoms with Gasteiger partial charge >= 0.3 is 0 Å². The molecular weight excluding hydrogens is 494 g/mol. The van der Waals surface area contributed by atoms with Crippen LogP contribution in [0.15, 0.2) is 109 Å². The Bertz CT molecular complexity index is 1380. The first-order chi connectivity index (χ1) is 19.5. The number of carbonyl (C=O) groups is 2. The van der Waals surface area contributed by atoms with E-state index >= 15 is 0 Å². The van der Waals surface area contributed by atoms with Crippen molar-refractivity contribution in [2.45, 2.75) is 38.6 Å². The van der Waals surface area contributed by atoms with E-state index in [1.54, 1.807) is 0 Å². The first-order valence-corrected chi connectivity index (χ1v) is 14.1. The first kappa shape index (κ1) is 27.2. The summed E-state index contributed by atoms with van der Waals surface area (Å²) >= 11 is 0. The Morgan fingerprint density at radius 1 is 0.750 bits per heavy atom. The lowest BCUT2D eigenvalue weighted by atomic mass is 9.90. The third kappa shape index (κ3) is 6.42. The van der Waals surface area contributed by atoms with Gasteiger partial charge in [-0.25, -0.2) is 0 Å². The highest BCUT2D eigenvalue weighted by Gasteiger charge is 2.25. The molecule has 4 aromatic rings. The molecule has 0 radical (unpaired) electrons. The van der Waals surface area contributed by atoms with Crippen molar-refractivity contribution in [3.05, 3.63) is 131 Å². The highest BCUT2D eigenvalue weighted by Crippen LogP contribution is 2.31. The lowest BCUT2D eigenvalue weighted by molar-refractivity contribution is -0.116. The number of nitrogens with zero attached hydrogens (tertiary/aromatic N) is 1. The van der Waals surface area contributed by atoms with Gasteiger partial charge in [-0.3, -0.25) is 9.59 Å². The standard InChI is InChI=1S/C35H37N3O2/c1-25-20-22-38(23-21-25)32-19-18-30(24-31(32)34(39)36-26(2)27-12-6-3-7-13-27)37-35(40)33(28-14-8-4-9-15-28)29-16-10-5-11-17-29/h3-19,24-26,33H,20-23H2,1-2H3,(H,36,39)(H,37,40). The Morgan fingerprint density at radius 3 is 1.82 bits per heavy atom. The van der Waals surface area contributed by atoms with Crippen molar-refractivity contribution in [1.29, 1.82) is 0 Å². The van der Waals surface area contributed by atoms with Crippen molar-refractivity contribution in [2.24, 2.45) is 5.92 Å². The van der Waals surface area contributed by atoms with Crippen LogP contribution in [0, 0.1) is 5.92 Å². The van der Waals surface area contributed by atoms with E-state index in [0.717, 1.165) is 48.3 Å². The summed E-state index contributed by atoms with van der Waals surface area (Å²) in [4.78, 5) is 29.8. The lowest BCUT2D eigenvalue weighted by Gasteiger charge is -2.33. The smallest absolute Gasteiger partial charge is 0.253 e. The fraction of sp³-hybridized carbons (Fsp3) is 0.257. The van der Waals surface area contributed by atoms with Gasteiger partial charge in [-0.1, -0.05) is 97.9 Å². The predicted molar refractivity (Wildman–Crippen MR) is 163 cm³/mol. The van der Waals surface area contributed by atoms with Gasteiger partial charge in [0.15, 0.2) is 0 Å². The molecule has 204 valence electrons. The van der Waals surface area contributed by atoms with Gasteiger partial charge in [-0.05, 0) is 60.6 Å². The number of carbonyl (C=O) groups excluding carboxylic acids is 2. The second kappa shape index (κ2) is 12.6. The minimum absolute atomic E-state index is 0.138. The fourth-order valence-electron chi connectivity index (χ4n) is 5.42. The van der Waals surface area contributed by atoms with Crippen LogP contribution in [0.4, 0.5) is 11.4 Å². The van der Waals surface area contributed by atoms with Gasteiger partial charge in [0, 0.05) is 24.5 Å². The Balaban J connectivity index is 1.44. The van der Waals surface area contributed by atoms with Crippen molar-refractivity contribution in [3.63, 3.8) is 0 Å². The molecule has 0 aromatic heterocycles. The molecule has 0 bridgehead atoms. The maximum absolute atomic E-state index is 13.8. The molecule has 2 amide bonds. The van der Waals surface area contributed by atoms with Crippen LogP contribution in [0.3, 0.4) is 0 Å². The SMILES string of the molecule is CC1CCN(c2ccc(NC(=O)C(c3ccccc3)c3ccccc3)cc2C(=O)NC(C)c2ccccc2)CC1. The van der Waals surface area contributed by atoms with E-state index in [9.17, 15) is 9.59 Å². The summed E-state index contributed by atoms with van der Waals surface area (Å²) in [6, 6.07) is 35.1. The van der Waals surface area contributed by atoms with E-state index < -0.39 is 5.92 Å². The van der Waals surface area contributed by atoms with Gasteiger partial charge < -0.3 is 15.5 Å². The monoisotopic (exact) mass is 531 g/mol. The Morgan fingerprint density at radius 2 is 1.27 bits per heavy atom. The van der Waals surface area contributed by atoms with E-state index in [1.807, 2.05) is 116 Å². The number of hydrogen-bond donors (Lipinski definition) is 2. The third-order valence-electron chi connectivity index (χ3n) is 7.81. The molecule has 1 aliphatic rings. The van der Waals surface area contributed by atoms with Crippen LogP contribution in [-0.4, -0.2) is 24.9 Å². The molecule has 1 saturated heterocycles. The summed E-state index contributed by atoms with van der Waals surface area (Å²) < 4.78 is 0. The Hall–Kier alpha value is -4.38. The minimum Gasteiger partial charge on any atom is -0.371 e. The number of rotatable bonds is 8. The molecule has 5 rings (SSSR count). The van der Waals surface area contributed by atoms with Crippen LogP contribution in [0.5, 0.6) is 0 Å². The number of piperidine rings is 1. The lowest BCUT2D eigenvalue weighted by Crippen LogP contribution is -2.35. The van der Waals surface area contributed by atoms with Crippen LogP contribution in [0.25, 0.3) is 0 Å². The second-order valence-corrected chi connectivity index (χ2v) is 10.8. The van der Waals surface area contributed by atoms with Crippen molar-refractivity contribution >= 4 is 23.2 Å². The Labute approximate surface area is 237 Å². The normalized spacial score (nSPS) is 14.5. The largest absolute Gasteiger partial charge is 0.371 e. The third-order valence-corrected chi connectivity index (χ3v) is 7.81. The zero-order chi connectivity index (χ0) is 27.9. The summed E-state index contributed by atoms with van der Waals surface area (Å²) in [7, 11) is 0. The number of nitrogens with one attached hydrogen (secondary N) is 2. The van der Waals surface area contributed by atoms with Gasteiger partial charge in [0.2, 0.25) is 5.91 Å². The summed E-state index contributed by atoms with van der Waals surface area (Å²) in [5.41, 5.74) is 4.96. The number of amides is 2. The zero-order valence-corrected chi connectivity index (χ0v) is 23.2. The van der Waals surface area contributed by atoms with Crippen LogP contribution in [0.1, 0.15) is 65.7 Å². The number of hydrogen-bond acceptors (Lipinski definition) is 3. The summed E-state index contributed by atoms with van der Waals surface area (Å²) in [6.07, 6.45) is 2.19. The van der Waals surface area contributed by atoms with Crippen molar-refractivity contribution < 1.29 is 9.59 Å². The molecule has 5 nitrogen and oxygen atoms in total. The molecule has 40 heavy (non-hydrogen) atoms. The van der Waals surface area contributed by atoms with Crippen molar-refractivity contribution in [2.75, 3.05) is 23.3 Å². The molecule has 0 saturated carbocycles. The zero-order valence-electron chi connectivity index (χ0n) is 23.2. The molecule has 2 N–H and O–H groups in total. The average molecular weight is 532 g/mol. The molecule has 1 aliphatic heterocycles. The van der Waals surface area contributed by atoms with Crippen LogP contribution >= 0.6 is 0 Å². The van der Waals surface area contributed by atoms with E-state index in [0.29, 0.717) is 17.2 Å². The molecular formula is C35H37N3O2. The van der Waals surface area contributed by atoms with Crippen molar-refractivity contribution in [3.8, 4) is 0 Å². The second-order valence-electron chi connectivity index (χ2n) is 10.8. The molecule has 0 spiro atoms. The molecule has 0 aliphatic carbocycles. The van der Waals surface area contributed by atoms with E-state index in [1.165, 1.54) is 0 Å². The van der Waals surface area contributed by atoms with Gasteiger partial charge in [0.1, 0.15) is 0 Å². The summed E-state index contributed by atoms with van der Waals surface area (Å²) in [6.45, 7) is 6.09. The maximum Gasteiger partial charge on any atom is 0.253 e. The highest BCUT2D eigenvalue weighted by atomic mass is 16.2. The van der Waals surface area contributed by atoms with Crippen LogP contribution in [-0.2, 0) is 4.79 Å². The molecule has 1 fully saturated rings. The van der Waals surface area contributed by atoms with E-state index in [-0.39, 0.29) is 17.9 Å². The van der Waals surface area contributed by atoms with Crippen molar-refractivity contribution in [1.82, 2.24) is 5.32 Å². The average Bonchev–Trinajstić information content (AvgIpc) is 2.99. The topological polar surface area (TPSA) is 61.4 Å². The highest BCUT2D eigenvalue weighted by molar-refractivity contribution is 6.03. The number of benzene rings is 4. The predicted octanol–water partition coefficient (Wildman–Crippen LogP) is 7.18. The van der Waals surface area contributed by atoms with Gasteiger partial charge in [0.25, 0.3) is 5.91 Å². The molecule has 5 heteroatoms. The maximum atomic E-state index is 13.8. The van der Waals surface area contributed by atoms with Gasteiger partial charge in [-0.15, -0.1) is 0 Å².